The van der Waals surface area contributed by atoms with Crippen molar-refractivity contribution in [1.29, 1.82) is 0 Å². The topological polar surface area (TPSA) is 136 Å². The van der Waals surface area contributed by atoms with Crippen molar-refractivity contribution < 1.29 is 14.3 Å². The molecule has 1 amide bonds. The number of carbonyl (C=O) groups is 1. The fourth-order valence-electron chi connectivity index (χ4n) is 2.44. The molecule has 0 radical (unpaired) electrons. The van der Waals surface area contributed by atoms with Crippen LogP contribution in [0, 0.1) is 5.82 Å². The number of nitrogens with two attached hydrogens (primary N) is 1. The highest BCUT2D eigenvalue weighted by Gasteiger charge is 2.22. The lowest BCUT2D eigenvalue weighted by molar-refractivity contribution is 0.190. The van der Waals surface area contributed by atoms with Gasteiger partial charge in [0.2, 0.25) is 0 Å². The van der Waals surface area contributed by atoms with Crippen LogP contribution < -0.4 is 16.6 Å². The summed E-state index contributed by atoms with van der Waals surface area (Å²) in [6.45, 7) is 1.45. The number of halogens is 2. The van der Waals surface area contributed by atoms with Crippen LogP contribution in [0.25, 0.3) is 16.7 Å². The van der Waals surface area contributed by atoms with Crippen LogP contribution in [-0.4, -0.2) is 30.7 Å². The molecule has 3 aromatic rings. The minimum Gasteiger partial charge on any atom is -0.465 e. The molecule has 0 spiro atoms. The van der Waals surface area contributed by atoms with Crippen LogP contribution in [0.15, 0.2) is 29.3 Å². The number of aromatic nitrogens is 4. The molecule has 0 bridgehead atoms. The predicted molar refractivity (Wildman–Crippen MR) is 91.9 cm³/mol. The van der Waals surface area contributed by atoms with Gasteiger partial charge >= 0.3 is 6.09 Å². The van der Waals surface area contributed by atoms with Crippen LogP contribution in [0.5, 0.6) is 0 Å². The van der Waals surface area contributed by atoms with Gasteiger partial charge in [-0.15, -0.1) is 0 Å². The quantitative estimate of drug-likeness (QED) is 0.632. The Hall–Kier alpha value is -3.27. The zero-order chi connectivity index (χ0) is 19.0. The van der Waals surface area contributed by atoms with Gasteiger partial charge in [-0.2, -0.15) is 0 Å². The minimum atomic E-state index is -1.34. The second kappa shape index (κ2) is 6.56. The van der Waals surface area contributed by atoms with Gasteiger partial charge in [0, 0.05) is 0 Å². The Morgan fingerprint density at radius 3 is 2.73 bits per heavy atom. The van der Waals surface area contributed by atoms with E-state index in [9.17, 15) is 14.0 Å². The zero-order valence-electron chi connectivity index (χ0n) is 13.3. The van der Waals surface area contributed by atoms with Crippen molar-refractivity contribution in [3.63, 3.8) is 0 Å². The van der Waals surface area contributed by atoms with E-state index in [1.165, 1.54) is 25.4 Å². The molecule has 1 unspecified atom stereocenters. The van der Waals surface area contributed by atoms with Crippen LogP contribution in [0.2, 0.25) is 5.02 Å². The zero-order valence-corrected chi connectivity index (χ0v) is 14.0. The minimum absolute atomic E-state index is 0.00134. The maximum Gasteiger partial charge on any atom is 0.405 e. The van der Waals surface area contributed by atoms with Crippen LogP contribution in [-0.2, 0) is 0 Å². The van der Waals surface area contributed by atoms with E-state index in [4.69, 9.17) is 22.4 Å². The first-order valence-electron chi connectivity index (χ1n) is 7.27. The molecule has 9 nitrogen and oxygen atoms in total. The smallest absolute Gasteiger partial charge is 0.405 e. The highest BCUT2D eigenvalue weighted by atomic mass is 35.5. The van der Waals surface area contributed by atoms with Gasteiger partial charge in [0.25, 0.3) is 5.56 Å². The Morgan fingerprint density at radius 2 is 2.12 bits per heavy atom. The van der Waals surface area contributed by atoms with Crippen molar-refractivity contribution in [2.45, 2.75) is 13.0 Å². The summed E-state index contributed by atoms with van der Waals surface area (Å²) >= 11 is 6.05. The van der Waals surface area contributed by atoms with E-state index in [1.807, 2.05) is 0 Å². The van der Waals surface area contributed by atoms with Crippen molar-refractivity contribution in [3.8, 4) is 5.82 Å². The Kier molecular flexibility index (Phi) is 4.43. The summed E-state index contributed by atoms with van der Waals surface area (Å²) in [5.74, 6) is -0.684. The third-order valence-electron chi connectivity index (χ3n) is 3.56. The largest absolute Gasteiger partial charge is 0.465 e. The highest BCUT2D eigenvalue weighted by Crippen LogP contribution is 2.24. The fraction of sp³-hybridized carbons (Fsp3) is 0.133. The van der Waals surface area contributed by atoms with Crippen LogP contribution >= 0.6 is 11.6 Å². The molecule has 0 aliphatic carbocycles. The average Bonchev–Trinajstić information content (AvgIpc) is 2.58. The summed E-state index contributed by atoms with van der Waals surface area (Å²) in [7, 11) is 0. The molecule has 0 aliphatic rings. The SMILES string of the molecule is CC(NC(=O)O)c1nc2c(F)ccc(Cl)c2c(=O)n1-c1cnc(N)cn1. The van der Waals surface area contributed by atoms with Gasteiger partial charge in [-0.3, -0.25) is 4.79 Å². The first kappa shape index (κ1) is 17.5. The Bertz CT molecular complexity index is 1070. The first-order chi connectivity index (χ1) is 12.3. The number of amides is 1. The molecular weight excluding hydrogens is 367 g/mol. The number of benzene rings is 1. The fourth-order valence-corrected chi connectivity index (χ4v) is 2.68. The second-order valence-electron chi connectivity index (χ2n) is 5.33. The van der Waals surface area contributed by atoms with Crippen molar-refractivity contribution in [2.24, 2.45) is 0 Å². The summed E-state index contributed by atoms with van der Waals surface area (Å²) in [5.41, 5.74) is 4.52. The van der Waals surface area contributed by atoms with Crippen molar-refractivity contribution in [3.05, 3.63) is 51.5 Å². The van der Waals surface area contributed by atoms with Crippen LogP contribution in [0.3, 0.4) is 0 Å². The van der Waals surface area contributed by atoms with E-state index >= 15 is 0 Å². The van der Waals surface area contributed by atoms with Gasteiger partial charge in [0.05, 0.1) is 28.8 Å². The maximum absolute atomic E-state index is 14.2. The third-order valence-corrected chi connectivity index (χ3v) is 3.88. The van der Waals surface area contributed by atoms with Crippen LogP contribution in [0.4, 0.5) is 15.0 Å². The number of hydrogen-bond acceptors (Lipinski definition) is 6. The molecule has 1 aromatic carbocycles. The molecule has 2 heterocycles. The van der Waals surface area contributed by atoms with Crippen molar-refractivity contribution >= 4 is 34.4 Å². The van der Waals surface area contributed by atoms with E-state index < -0.39 is 23.5 Å². The number of carboxylic acid groups (broad SMARTS) is 1. The molecule has 26 heavy (non-hydrogen) atoms. The first-order valence-corrected chi connectivity index (χ1v) is 7.65. The summed E-state index contributed by atoms with van der Waals surface area (Å²) in [4.78, 5) is 36.0. The number of nitrogen functional groups attached to an aromatic ring is 1. The number of anilines is 1. The molecule has 11 heteroatoms. The molecule has 4 N–H and O–H groups in total. The maximum atomic E-state index is 14.2. The van der Waals surface area contributed by atoms with Crippen molar-refractivity contribution in [1.82, 2.24) is 24.8 Å². The summed E-state index contributed by atoms with van der Waals surface area (Å²) in [6.07, 6.45) is 1.10. The predicted octanol–water partition coefficient (Wildman–Crippen LogP) is 1.88. The third kappa shape index (κ3) is 3.02. The summed E-state index contributed by atoms with van der Waals surface area (Å²) in [5, 5.41) is 11.0. The molecule has 0 aliphatic heterocycles. The van der Waals surface area contributed by atoms with E-state index in [2.05, 4.69) is 20.3 Å². The number of fused-ring (bicyclic) bond motifs is 1. The lowest BCUT2D eigenvalue weighted by Crippen LogP contribution is -2.33. The Balaban J connectivity index is 2.40. The number of hydrogen-bond donors (Lipinski definition) is 3. The molecular formula is C15H12ClFN6O3. The van der Waals surface area contributed by atoms with Gasteiger partial charge in [0.1, 0.15) is 23.0 Å². The standard InChI is InChI=1S/C15H12ClFN6O3/c1-6(21-15(25)26)13-22-12-8(17)3-2-7(16)11(12)14(24)23(13)10-5-19-9(18)4-20-10/h2-6,21H,1H3,(H2,18,19)(H,25,26). The van der Waals surface area contributed by atoms with Crippen molar-refractivity contribution in [2.75, 3.05) is 5.73 Å². The van der Waals surface area contributed by atoms with Gasteiger partial charge < -0.3 is 16.2 Å². The lowest BCUT2D eigenvalue weighted by atomic mass is 10.2. The van der Waals surface area contributed by atoms with Gasteiger partial charge in [-0.25, -0.2) is 28.7 Å². The normalized spacial score (nSPS) is 12.1. The Morgan fingerprint density at radius 1 is 1.38 bits per heavy atom. The monoisotopic (exact) mass is 378 g/mol. The number of nitrogens with zero attached hydrogens (tertiary/aromatic N) is 4. The van der Waals surface area contributed by atoms with E-state index in [0.717, 1.165) is 10.6 Å². The number of rotatable bonds is 3. The molecule has 134 valence electrons. The van der Waals surface area contributed by atoms with Gasteiger partial charge in [-0.1, -0.05) is 11.6 Å². The summed E-state index contributed by atoms with van der Waals surface area (Å²) in [6, 6.07) is 1.35. The lowest BCUT2D eigenvalue weighted by Gasteiger charge is -2.18. The number of nitrogens with one attached hydrogen (secondary N) is 1. The molecule has 2 aromatic heterocycles. The van der Waals surface area contributed by atoms with E-state index in [0.29, 0.717) is 0 Å². The Labute approximate surface area is 150 Å². The van der Waals surface area contributed by atoms with Gasteiger partial charge in [-0.05, 0) is 19.1 Å². The summed E-state index contributed by atoms with van der Waals surface area (Å²) < 4.78 is 15.2. The highest BCUT2D eigenvalue weighted by molar-refractivity contribution is 6.35. The van der Waals surface area contributed by atoms with Crippen LogP contribution in [0.1, 0.15) is 18.8 Å². The van der Waals surface area contributed by atoms with E-state index in [-0.39, 0.29) is 33.4 Å². The van der Waals surface area contributed by atoms with E-state index in [1.54, 1.807) is 0 Å². The molecule has 0 saturated carbocycles. The molecule has 0 fully saturated rings. The molecule has 3 rings (SSSR count). The second-order valence-corrected chi connectivity index (χ2v) is 5.74. The average molecular weight is 379 g/mol. The molecule has 1 atom stereocenters. The van der Waals surface area contributed by atoms with Gasteiger partial charge in [0.15, 0.2) is 5.82 Å². The molecule has 0 saturated heterocycles.